The van der Waals surface area contributed by atoms with Crippen LogP contribution >= 0.6 is 0 Å². The van der Waals surface area contributed by atoms with Gasteiger partial charge in [-0.3, -0.25) is 4.79 Å². The number of methoxy groups -OCH3 is 1. The molecule has 0 bridgehead atoms. The molecular weight excluding hydrogens is 334 g/mol. The molecule has 2 aromatic rings. The van der Waals surface area contributed by atoms with Crippen LogP contribution < -0.4 is 10.1 Å². The lowest BCUT2D eigenvalue weighted by molar-refractivity contribution is 0.0936. The fraction of sp³-hybridized carbons (Fsp3) is 0.556. The van der Waals surface area contributed by atoms with Crippen molar-refractivity contribution in [2.45, 2.75) is 32.6 Å². The topological polar surface area (TPSA) is 91.2 Å². The van der Waals surface area contributed by atoms with Crippen LogP contribution in [0.15, 0.2) is 18.3 Å². The molecule has 8 heteroatoms. The number of carbonyl (C=O) groups is 1. The third-order valence-corrected chi connectivity index (χ3v) is 4.30. The van der Waals surface area contributed by atoms with Crippen molar-refractivity contribution in [3.05, 3.63) is 29.6 Å². The van der Waals surface area contributed by atoms with Crippen molar-refractivity contribution in [3.63, 3.8) is 0 Å². The van der Waals surface area contributed by atoms with E-state index in [1.54, 1.807) is 23.0 Å². The summed E-state index contributed by atoms with van der Waals surface area (Å²) in [7, 11) is 1.54. The minimum Gasteiger partial charge on any atom is -0.480 e. The number of nitrogens with one attached hydrogen (secondary N) is 1. The quantitative estimate of drug-likeness (QED) is 0.650. The average molecular weight is 359 g/mol. The fourth-order valence-corrected chi connectivity index (χ4v) is 2.64. The highest BCUT2D eigenvalue weighted by Gasteiger charge is 2.21. The van der Waals surface area contributed by atoms with Gasteiger partial charge in [-0.1, -0.05) is 6.92 Å². The predicted molar refractivity (Wildman–Crippen MR) is 95.6 cm³/mol. The average Bonchev–Trinajstić information content (AvgIpc) is 3.40. The number of rotatable bonds is 10. The summed E-state index contributed by atoms with van der Waals surface area (Å²) in [5, 5.41) is 15.3. The van der Waals surface area contributed by atoms with E-state index in [1.807, 2.05) is 6.92 Å². The lowest BCUT2D eigenvalue weighted by atomic mass is 10.2. The van der Waals surface area contributed by atoms with E-state index in [1.165, 1.54) is 20.0 Å². The normalized spacial score (nSPS) is 13.6. The number of carbonyl (C=O) groups excluding carboxylic acids is 1. The van der Waals surface area contributed by atoms with Crippen LogP contribution in [0.5, 0.6) is 5.88 Å². The van der Waals surface area contributed by atoms with E-state index in [2.05, 4.69) is 20.6 Å². The molecule has 0 radical (unpaired) electrons. The summed E-state index contributed by atoms with van der Waals surface area (Å²) >= 11 is 0. The van der Waals surface area contributed by atoms with Crippen molar-refractivity contribution in [2.24, 2.45) is 5.92 Å². The molecule has 1 N–H and O–H groups in total. The second kappa shape index (κ2) is 8.75. The number of amides is 1. The Labute approximate surface area is 152 Å². The molecule has 2 heterocycles. The number of aromatic nitrogens is 4. The molecule has 0 aromatic carbocycles. The maximum atomic E-state index is 12.5. The SMILES string of the molecule is CCc1c(C(=O)NCCCOCC2CC2)cnn1-c1ccc(OC)nn1. The Morgan fingerprint density at radius 2 is 2.19 bits per heavy atom. The zero-order valence-corrected chi connectivity index (χ0v) is 15.3. The molecule has 140 valence electrons. The Hall–Kier alpha value is -2.48. The first-order chi connectivity index (χ1) is 12.7. The molecule has 3 rings (SSSR count). The highest BCUT2D eigenvalue weighted by atomic mass is 16.5. The Morgan fingerprint density at radius 3 is 2.85 bits per heavy atom. The van der Waals surface area contributed by atoms with Gasteiger partial charge in [0, 0.05) is 25.8 Å². The van der Waals surface area contributed by atoms with E-state index in [0.29, 0.717) is 36.8 Å². The second-order valence-corrected chi connectivity index (χ2v) is 6.33. The Morgan fingerprint density at radius 1 is 1.35 bits per heavy atom. The lowest BCUT2D eigenvalue weighted by Crippen LogP contribution is -2.26. The summed E-state index contributed by atoms with van der Waals surface area (Å²) in [6.45, 7) is 4.09. The monoisotopic (exact) mass is 359 g/mol. The van der Waals surface area contributed by atoms with Crippen molar-refractivity contribution in [1.82, 2.24) is 25.3 Å². The molecule has 1 saturated carbocycles. The first kappa shape index (κ1) is 18.3. The smallest absolute Gasteiger partial charge is 0.254 e. The van der Waals surface area contributed by atoms with Crippen molar-refractivity contribution in [1.29, 1.82) is 0 Å². The van der Waals surface area contributed by atoms with Crippen molar-refractivity contribution in [3.8, 4) is 11.7 Å². The first-order valence-electron chi connectivity index (χ1n) is 9.03. The number of hydrogen-bond acceptors (Lipinski definition) is 6. The van der Waals surface area contributed by atoms with Gasteiger partial charge in [0.2, 0.25) is 5.88 Å². The maximum Gasteiger partial charge on any atom is 0.254 e. The van der Waals surface area contributed by atoms with E-state index >= 15 is 0 Å². The van der Waals surface area contributed by atoms with Crippen molar-refractivity contribution < 1.29 is 14.3 Å². The van der Waals surface area contributed by atoms with Gasteiger partial charge in [-0.2, -0.15) is 5.10 Å². The summed E-state index contributed by atoms with van der Waals surface area (Å²) in [6, 6.07) is 3.47. The van der Waals surface area contributed by atoms with Gasteiger partial charge in [-0.25, -0.2) is 4.68 Å². The van der Waals surface area contributed by atoms with Crippen LogP contribution in [0, 0.1) is 5.92 Å². The van der Waals surface area contributed by atoms with Gasteiger partial charge in [-0.05, 0) is 37.7 Å². The van der Waals surface area contributed by atoms with E-state index in [0.717, 1.165) is 24.6 Å². The van der Waals surface area contributed by atoms with Gasteiger partial charge in [0.05, 0.1) is 24.6 Å². The molecule has 1 aliphatic rings. The van der Waals surface area contributed by atoms with Gasteiger partial charge < -0.3 is 14.8 Å². The minimum atomic E-state index is -0.128. The minimum absolute atomic E-state index is 0.128. The zero-order valence-electron chi connectivity index (χ0n) is 15.3. The van der Waals surface area contributed by atoms with Crippen LogP contribution in [0.4, 0.5) is 0 Å². The van der Waals surface area contributed by atoms with Crippen LogP contribution in [0.2, 0.25) is 0 Å². The van der Waals surface area contributed by atoms with Gasteiger partial charge >= 0.3 is 0 Å². The number of nitrogens with zero attached hydrogens (tertiary/aromatic N) is 4. The molecule has 0 aliphatic heterocycles. The summed E-state index contributed by atoms with van der Waals surface area (Å²) < 4.78 is 12.2. The van der Waals surface area contributed by atoms with Gasteiger partial charge in [-0.15, -0.1) is 10.2 Å². The summed E-state index contributed by atoms with van der Waals surface area (Å²) in [5.41, 5.74) is 1.36. The highest BCUT2D eigenvalue weighted by molar-refractivity contribution is 5.95. The largest absolute Gasteiger partial charge is 0.480 e. The highest BCUT2D eigenvalue weighted by Crippen LogP contribution is 2.28. The van der Waals surface area contributed by atoms with E-state index < -0.39 is 0 Å². The number of hydrogen-bond donors (Lipinski definition) is 1. The van der Waals surface area contributed by atoms with Gasteiger partial charge in [0.25, 0.3) is 5.91 Å². The predicted octanol–water partition coefficient (Wildman–Crippen LogP) is 1.78. The first-order valence-corrected chi connectivity index (χ1v) is 9.03. The third kappa shape index (κ3) is 4.57. The molecule has 2 aromatic heterocycles. The molecule has 0 atom stereocenters. The summed E-state index contributed by atoms with van der Waals surface area (Å²) in [5.74, 6) is 1.62. The van der Waals surface area contributed by atoms with E-state index in [4.69, 9.17) is 9.47 Å². The molecule has 1 aliphatic carbocycles. The number of ether oxygens (including phenoxy) is 2. The molecule has 1 fully saturated rings. The van der Waals surface area contributed by atoms with Crippen LogP contribution in [-0.2, 0) is 11.2 Å². The maximum absolute atomic E-state index is 12.5. The van der Waals surface area contributed by atoms with Crippen LogP contribution in [0.1, 0.15) is 42.2 Å². The van der Waals surface area contributed by atoms with E-state index in [-0.39, 0.29) is 5.91 Å². The van der Waals surface area contributed by atoms with Crippen LogP contribution in [0.25, 0.3) is 5.82 Å². The Kier molecular flexibility index (Phi) is 6.17. The summed E-state index contributed by atoms with van der Waals surface area (Å²) in [4.78, 5) is 12.5. The summed E-state index contributed by atoms with van der Waals surface area (Å²) in [6.07, 6.45) is 5.61. The Bertz CT molecular complexity index is 725. The van der Waals surface area contributed by atoms with Crippen molar-refractivity contribution >= 4 is 5.91 Å². The second-order valence-electron chi connectivity index (χ2n) is 6.33. The molecular formula is C18H25N5O3. The Balaban J connectivity index is 1.56. The molecule has 0 spiro atoms. The molecule has 8 nitrogen and oxygen atoms in total. The lowest BCUT2D eigenvalue weighted by Gasteiger charge is -2.08. The van der Waals surface area contributed by atoms with E-state index in [9.17, 15) is 4.79 Å². The van der Waals surface area contributed by atoms with Crippen LogP contribution in [-0.4, -0.2) is 52.8 Å². The molecule has 0 saturated heterocycles. The molecule has 26 heavy (non-hydrogen) atoms. The fourth-order valence-electron chi connectivity index (χ4n) is 2.64. The zero-order chi connectivity index (χ0) is 18.4. The molecule has 0 unspecified atom stereocenters. The van der Waals surface area contributed by atoms with Crippen molar-refractivity contribution in [2.75, 3.05) is 26.9 Å². The molecule has 1 amide bonds. The van der Waals surface area contributed by atoms with Crippen LogP contribution in [0.3, 0.4) is 0 Å². The third-order valence-electron chi connectivity index (χ3n) is 4.30. The van der Waals surface area contributed by atoms with Gasteiger partial charge in [0.1, 0.15) is 0 Å². The van der Waals surface area contributed by atoms with Gasteiger partial charge in [0.15, 0.2) is 5.82 Å². The standard InChI is InChI=1S/C18H25N5O3/c1-3-15-14(18(24)19-9-4-10-26-12-13-5-6-13)11-20-23(15)16-7-8-17(25-2)22-21-16/h7-8,11,13H,3-6,9-10,12H2,1-2H3,(H,19,24).